The molecule has 120 valence electrons. The SMILES string of the molecule is C=C(C#N)C(=O)OC(CCC)OCC(CC)OCCCC. The molecule has 0 N–H and O–H groups in total. The maximum Gasteiger partial charge on any atom is 0.350 e. The van der Waals surface area contributed by atoms with Gasteiger partial charge in [0, 0.05) is 13.0 Å². The number of hydrogen-bond acceptors (Lipinski definition) is 5. The van der Waals surface area contributed by atoms with Gasteiger partial charge in [0.05, 0.1) is 12.7 Å². The highest BCUT2D eigenvalue weighted by molar-refractivity contribution is 5.91. The Morgan fingerprint density at radius 2 is 1.95 bits per heavy atom. The van der Waals surface area contributed by atoms with Crippen LogP contribution in [-0.4, -0.2) is 31.6 Å². The van der Waals surface area contributed by atoms with E-state index in [9.17, 15) is 4.79 Å². The zero-order chi connectivity index (χ0) is 16.1. The van der Waals surface area contributed by atoms with Gasteiger partial charge in [0.25, 0.3) is 0 Å². The van der Waals surface area contributed by atoms with Crippen molar-refractivity contribution >= 4 is 5.97 Å². The zero-order valence-electron chi connectivity index (χ0n) is 13.4. The number of nitrogens with zero attached hydrogens (tertiary/aromatic N) is 1. The Hall–Kier alpha value is -1.38. The van der Waals surface area contributed by atoms with Crippen molar-refractivity contribution in [2.45, 2.75) is 65.3 Å². The molecule has 0 radical (unpaired) electrons. The molecule has 0 amide bonds. The van der Waals surface area contributed by atoms with E-state index in [1.54, 1.807) is 6.07 Å². The summed E-state index contributed by atoms with van der Waals surface area (Å²) in [5.74, 6) is -0.726. The second-order valence-corrected chi connectivity index (χ2v) is 4.80. The molecule has 5 nitrogen and oxygen atoms in total. The second-order valence-electron chi connectivity index (χ2n) is 4.80. The summed E-state index contributed by atoms with van der Waals surface area (Å²) in [6, 6.07) is 1.67. The van der Waals surface area contributed by atoms with Crippen LogP contribution in [0.3, 0.4) is 0 Å². The van der Waals surface area contributed by atoms with Crippen molar-refractivity contribution in [3.05, 3.63) is 12.2 Å². The third-order valence-electron chi connectivity index (χ3n) is 2.92. The minimum absolute atomic E-state index is 0.00576. The molecule has 2 unspecified atom stereocenters. The Morgan fingerprint density at radius 3 is 2.48 bits per heavy atom. The fourth-order valence-corrected chi connectivity index (χ4v) is 1.54. The van der Waals surface area contributed by atoms with Gasteiger partial charge in [-0.2, -0.15) is 5.26 Å². The van der Waals surface area contributed by atoms with E-state index in [1.807, 2.05) is 13.8 Å². The summed E-state index contributed by atoms with van der Waals surface area (Å²) in [7, 11) is 0. The van der Waals surface area contributed by atoms with Gasteiger partial charge in [-0.1, -0.05) is 40.2 Å². The maximum atomic E-state index is 11.5. The maximum absolute atomic E-state index is 11.5. The van der Waals surface area contributed by atoms with Gasteiger partial charge < -0.3 is 14.2 Å². The lowest BCUT2D eigenvalue weighted by atomic mass is 10.3. The molecule has 0 aliphatic carbocycles. The largest absolute Gasteiger partial charge is 0.432 e. The standard InChI is InChI=1S/C16H27NO4/c1-5-8-10-19-14(7-3)12-20-15(9-6-2)21-16(18)13(4)11-17/h14-15H,4-10,12H2,1-3H3. The fraction of sp³-hybridized carbons (Fsp3) is 0.750. The van der Waals surface area contributed by atoms with Crippen LogP contribution in [0, 0.1) is 11.3 Å². The third-order valence-corrected chi connectivity index (χ3v) is 2.92. The lowest BCUT2D eigenvalue weighted by Crippen LogP contribution is -2.28. The third kappa shape index (κ3) is 9.22. The predicted octanol–water partition coefficient (Wildman–Crippen LogP) is 3.35. The number of esters is 1. The first kappa shape index (κ1) is 19.6. The van der Waals surface area contributed by atoms with E-state index in [2.05, 4.69) is 13.5 Å². The summed E-state index contributed by atoms with van der Waals surface area (Å²) in [6.07, 6.45) is 3.67. The first-order valence-electron chi connectivity index (χ1n) is 7.62. The smallest absolute Gasteiger partial charge is 0.350 e. The summed E-state index contributed by atoms with van der Waals surface area (Å²) >= 11 is 0. The van der Waals surface area contributed by atoms with Crippen molar-refractivity contribution in [3.63, 3.8) is 0 Å². The summed E-state index contributed by atoms with van der Waals surface area (Å²) in [5.41, 5.74) is -0.217. The highest BCUT2D eigenvalue weighted by atomic mass is 16.7. The van der Waals surface area contributed by atoms with E-state index in [0.717, 1.165) is 25.7 Å². The highest BCUT2D eigenvalue weighted by Gasteiger charge is 2.18. The van der Waals surface area contributed by atoms with Gasteiger partial charge in [0.2, 0.25) is 6.29 Å². The molecular formula is C16H27NO4. The molecule has 21 heavy (non-hydrogen) atoms. The molecule has 2 atom stereocenters. The number of hydrogen-bond donors (Lipinski definition) is 0. The molecule has 0 aromatic heterocycles. The molecule has 5 heteroatoms. The fourth-order valence-electron chi connectivity index (χ4n) is 1.54. The molecule has 0 heterocycles. The topological polar surface area (TPSA) is 68.6 Å². The van der Waals surface area contributed by atoms with Gasteiger partial charge in [-0.25, -0.2) is 4.79 Å². The normalized spacial score (nSPS) is 13.2. The van der Waals surface area contributed by atoms with Crippen LogP contribution in [0.25, 0.3) is 0 Å². The molecule has 0 fully saturated rings. The van der Waals surface area contributed by atoms with E-state index < -0.39 is 12.3 Å². The average Bonchev–Trinajstić information content (AvgIpc) is 2.49. The molecule has 0 aliphatic rings. The monoisotopic (exact) mass is 297 g/mol. The Morgan fingerprint density at radius 1 is 1.24 bits per heavy atom. The molecule has 0 aliphatic heterocycles. The van der Waals surface area contributed by atoms with E-state index in [4.69, 9.17) is 19.5 Å². The van der Waals surface area contributed by atoms with E-state index in [0.29, 0.717) is 19.6 Å². The quantitative estimate of drug-likeness (QED) is 0.182. The second kappa shape index (κ2) is 12.4. The number of carbonyl (C=O) groups excluding carboxylic acids is 1. The van der Waals surface area contributed by atoms with Crippen molar-refractivity contribution in [1.29, 1.82) is 5.26 Å². The molecular weight excluding hydrogens is 270 g/mol. The summed E-state index contributed by atoms with van der Waals surface area (Å²) in [4.78, 5) is 11.5. The van der Waals surface area contributed by atoms with E-state index in [1.165, 1.54) is 0 Å². The van der Waals surface area contributed by atoms with Crippen LogP contribution in [-0.2, 0) is 19.0 Å². The van der Waals surface area contributed by atoms with Crippen molar-refractivity contribution in [2.24, 2.45) is 0 Å². The van der Waals surface area contributed by atoms with E-state index >= 15 is 0 Å². The van der Waals surface area contributed by atoms with Gasteiger partial charge in [-0.15, -0.1) is 0 Å². The average molecular weight is 297 g/mol. The zero-order valence-corrected chi connectivity index (χ0v) is 13.4. The molecule has 0 aromatic carbocycles. The predicted molar refractivity (Wildman–Crippen MR) is 80.4 cm³/mol. The van der Waals surface area contributed by atoms with Crippen molar-refractivity contribution in [1.82, 2.24) is 0 Å². The summed E-state index contributed by atoms with van der Waals surface area (Å²) < 4.78 is 16.4. The lowest BCUT2D eigenvalue weighted by Gasteiger charge is -2.21. The van der Waals surface area contributed by atoms with Crippen molar-refractivity contribution in [2.75, 3.05) is 13.2 Å². The lowest BCUT2D eigenvalue weighted by molar-refractivity contribution is -0.183. The first-order chi connectivity index (χ1) is 10.1. The van der Waals surface area contributed by atoms with Gasteiger partial charge >= 0.3 is 5.97 Å². The van der Waals surface area contributed by atoms with Crippen LogP contribution in [0.4, 0.5) is 0 Å². The van der Waals surface area contributed by atoms with Crippen LogP contribution >= 0.6 is 0 Å². The van der Waals surface area contributed by atoms with Crippen LogP contribution in [0.2, 0.25) is 0 Å². The number of unbranched alkanes of at least 4 members (excludes halogenated alkanes) is 1. The van der Waals surface area contributed by atoms with E-state index in [-0.39, 0.29) is 11.7 Å². The van der Waals surface area contributed by atoms with Gasteiger partial charge in [0.1, 0.15) is 11.6 Å². The molecule has 0 saturated heterocycles. The van der Waals surface area contributed by atoms with Crippen molar-refractivity contribution < 1.29 is 19.0 Å². The Bertz CT molecular complexity index is 349. The summed E-state index contributed by atoms with van der Waals surface area (Å²) in [5, 5.41) is 8.61. The van der Waals surface area contributed by atoms with Gasteiger partial charge in [-0.3, -0.25) is 0 Å². The molecule has 0 aromatic rings. The Labute approximate surface area is 127 Å². The van der Waals surface area contributed by atoms with Gasteiger partial charge in [-0.05, 0) is 12.8 Å². The number of ether oxygens (including phenoxy) is 3. The number of rotatable bonds is 12. The Balaban J connectivity index is 4.26. The Kier molecular flexibility index (Phi) is 11.6. The molecule has 0 saturated carbocycles. The van der Waals surface area contributed by atoms with Crippen LogP contribution < -0.4 is 0 Å². The molecule has 0 spiro atoms. The summed E-state index contributed by atoms with van der Waals surface area (Å²) in [6.45, 7) is 10.5. The van der Waals surface area contributed by atoms with Crippen LogP contribution in [0.1, 0.15) is 52.9 Å². The number of nitriles is 1. The minimum atomic E-state index is -0.726. The van der Waals surface area contributed by atoms with Crippen LogP contribution in [0.15, 0.2) is 12.2 Å². The minimum Gasteiger partial charge on any atom is -0.432 e. The number of carbonyl (C=O) groups is 1. The first-order valence-corrected chi connectivity index (χ1v) is 7.62. The molecule has 0 bridgehead atoms. The van der Waals surface area contributed by atoms with Crippen LogP contribution in [0.5, 0.6) is 0 Å². The highest BCUT2D eigenvalue weighted by Crippen LogP contribution is 2.10. The van der Waals surface area contributed by atoms with Gasteiger partial charge in [0.15, 0.2) is 0 Å². The van der Waals surface area contributed by atoms with Crippen molar-refractivity contribution in [3.8, 4) is 6.07 Å². The molecule has 0 rings (SSSR count).